The Labute approximate surface area is 109 Å². The second kappa shape index (κ2) is 6.77. The van der Waals surface area contributed by atoms with Crippen LogP contribution in [0.3, 0.4) is 0 Å². The lowest BCUT2D eigenvalue weighted by Gasteiger charge is -2.10. The summed E-state index contributed by atoms with van der Waals surface area (Å²) in [6.07, 6.45) is 5.24. The van der Waals surface area contributed by atoms with E-state index in [0.717, 1.165) is 6.42 Å². The van der Waals surface area contributed by atoms with E-state index in [1.165, 1.54) is 11.1 Å². The molecule has 1 nitrogen and oxygen atoms in total. The predicted molar refractivity (Wildman–Crippen MR) is 76.4 cm³/mol. The van der Waals surface area contributed by atoms with Crippen LogP contribution < -0.4 is 0 Å². The summed E-state index contributed by atoms with van der Waals surface area (Å²) in [5, 5.41) is 0. The summed E-state index contributed by atoms with van der Waals surface area (Å²) in [4.78, 5) is 0. The maximum absolute atomic E-state index is 5.49. The Kier molecular flexibility index (Phi) is 4.74. The van der Waals surface area contributed by atoms with Crippen LogP contribution in [0.1, 0.15) is 11.1 Å². The van der Waals surface area contributed by atoms with E-state index in [2.05, 4.69) is 48.6 Å². The van der Waals surface area contributed by atoms with E-state index in [1.54, 1.807) is 7.11 Å². The lowest BCUT2D eigenvalue weighted by atomic mass is 10.1. The summed E-state index contributed by atoms with van der Waals surface area (Å²) in [6, 6.07) is 20.7. The van der Waals surface area contributed by atoms with E-state index >= 15 is 0 Å². The van der Waals surface area contributed by atoms with Crippen LogP contribution in [-0.4, -0.2) is 13.2 Å². The molecule has 0 aliphatic heterocycles. The average Bonchev–Trinajstić information content (AvgIpc) is 2.45. The number of methoxy groups -OCH3 is 1. The van der Waals surface area contributed by atoms with Crippen molar-refractivity contribution < 1.29 is 4.74 Å². The van der Waals surface area contributed by atoms with Crippen molar-refractivity contribution in [1.29, 1.82) is 0 Å². The third kappa shape index (κ3) is 3.86. The van der Waals surface area contributed by atoms with Crippen molar-refractivity contribution in [2.45, 2.75) is 12.5 Å². The van der Waals surface area contributed by atoms with Crippen LogP contribution in [0.2, 0.25) is 0 Å². The van der Waals surface area contributed by atoms with Gasteiger partial charge in [0.05, 0.1) is 6.10 Å². The van der Waals surface area contributed by atoms with Crippen molar-refractivity contribution in [3.8, 4) is 0 Å². The molecule has 0 saturated carbocycles. The SMILES string of the molecule is COC(/C=C/c1ccccc1)Cc1ccccc1. The molecule has 2 rings (SSSR count). The summed E-state index contributed by atoms with van der Waals surface area (Å²) >= 11 is 0. The van der Waals surface area contributed by atoms with Crippen molar-refractivity contribution in [3.63, 3.8) is 0 Å². The van der Waals surface area contributed by atoms with Gasteiger partial charge in [0, 0.05) is 13.5 Å². The van der Waals surface area contributed by atoms with Crippen molar-refractivity contribution in [2.24, 2.45) is 0 Å². The fourth-order valence-corrected chi connectivity index (χ4v) is 1.86. The molecule has 0 radical (unpaired) electrons. The Bertz CT molecular complexity index is 473. The van der Waals surface area contributed by atoms with Crippen molar-refractivity contribution in [2.75, 3.05) is 7.11 Å². The minimum atomic E-state index is 0.118. The summed E-state index contributed by atoms with van der Waals surface area (Å²) in [6.45, 7) is 0. The Morgan fingerprint density at radius 3 is 2.17 bits per heavy atom. The number of rotatable bonds is 5. The molecule has 1 unspecified atom stereocenters. The molecule has 0 bridgehead atoms. The van der Waals surface area contributed by atoms with E-state index in [1.807, 2.05) is 24.3 Å². The zero-order chi connectivity index (χ0) is 12.6. The Hall–Kier alpha value is -1.86. The van der Waals surface area contributed by atoms with Gasteiger partial charge in [0.2, 0.25) is 0 Å². The normalized spacial score (nSPS) is 12.7. The summed E-state index contributed by atoms with van der Waals surface area (Å²) in [7, 11) is 1.75. The number of benzene rings is 2. The van der Waals surface area contributed by atoms with Gasteiger partial charge in [0.25, 0.3) is 0 Å². The zero-order valence-corrected chi connectivity index (χ0v) is 10.6. The zero-order valence-electron chi connectivity index (χ0n) is 10.6. The van der Waals surface area contributed by atoms with Crippen LogP contribution in [0.15, 0.2) is 66.7 Å². The van der Waals surface area contributed by atoms with Gasteiger partial charge < -0.3 is 4.74 Å². The molecule has 0 aromatic heterocycles. The molecule has 92 valence electrons. The van der Waals surface area contributed by atoms with Gasteiger partial charge in [-0.3, -0.25) is 0 Å². The van der Waals surface area contributed by atoms with Gasteiger partial charge >= 0.3 is 0 Å². The summed E-state index contributed by atoms with van der Waals surface area (Å²) < 4.78 is 5.49. The Morgan fingerprint density at radius 2 is 1.56 bits per heavy atom. The summed E-state index contributed by atoms with van der Waals surface area (Å²) in [5.41, 5.74) is 2.50. The highest BCUT2D eigenvalue weighted by atomic mass is 16.5. The maximum Gasteiger partial charge on any atom is 0.0795 e. The number of hydrogen-bond acceptors (Lipinski definition) is 1. The van der Waals surface area contributed by atoms with Gasteiger partial charge in [-0.1, -0.05) is 72.8 Å². The lowest BCUT2D eigenvalue weighted by Crippen LogP contribution is -2.10. The molecule has 0 heterocycles. The molecule has 2 aromatic carbocycles. The van der Waals surface area contributed by atoms with Crippen molar-refractivity contribution in [1.82, 2.24) is 0 Å². The predicted octanol–water partition coefficient (Wildman–Crippen LogP) is 3.96. The number of ether oxygens (including phenoxy) is 1. The molecule has 0 amide bonds. The van der Waals surface area contributed by atoms with E-state index < -0.39 is 0 Å². The van der Waals surface area contributed by atoms with Gasteiger partial charge in [-0.2, -0.15) is 0 Å². The Morgan fingerprint density at radius 1 is 0.944 bits per heavy atom. The molecule has 18 heavy (non-hydrogen) atoms. The smallest absolute Gasteiger partial charge is 0.0795 e. The van der Waals surface area contributed by atoms with Gasteiger partial charge in [-0.05, 0) is 11.1 Å². The monoisotopic (exact) mass is 238 g/mol. The highest BCUT2D eigenvalue weighted by molar-refractivity contribution is 5.49. The van der Waals surface area contributed by atoms with Crippen LogP contribution in [-0.2, 0) is 11.2 Å². The van der Waals surface area contributed by atoms with E-state index in [-0.39, 0.29) is 6.10 Å². The van der Waals surface area contributed by atoms with E-state index in [4.69, 9.17) is 4.74 Å². The molecule has 0 aliphatic carbocycles. The first-order valence-corrected chi connectivity index (χ1v) is 6.18. The quantitative estimate of drug-likeness (QED) is 0.766. The fraction of sp³-hybridized carbons (Fsp3) is 0.176. The summed E-state index contributed by atoms with van der Waals surface area (Å²) in [5.74, 6) is 0. The van der Waals surface area contributed by atoms with E-state index in [9.17, 15) is 0 Å². The Balaban J connectivity index is 2.00. The maximum atomic E-state index is 5.49. The van der Waals surface area contributed by atoms with Gasteiger partial charge in [-0.25, -0.2) is 0 Å². The first kappa shape index (κ1) is 12.6. The topological polar surface area (TPSA) is 9.23 Å². The van der Waals surface area contributed by atoms with Crippen LogP contribution >= 0.6 is 0 Å². The standard InChI is InChI=1S/C17H18O/c1-18-17(14-16-10-6-3-7-11-16)13-12-15-8-4-2-5-9-15/h2-13,17H,14H2,1H3/b13-12+. The van der Waals surface area contributed by atoms with Gasteiger partial charge in [-0.15, -0.1) is 0 Å². The highest BCUT2D eigenvalue weighted by Crippen LogP contribution is 2.09. The molecule has 1 heteroatoms. The first-order chi connectivity index (χ1) is 8.88. The van der Waals surface area contributed by atoms with Crippen LogP contribution in [0.25, 0.3) is 6.08 Å². The van der Waals surface area contributed by atoms with Gasteiger partial charge in [0.15, 0.2) is 0 Å². The first-order valence-electron chi connectivity index (χ1n) is 6.18. The molecule has 0 spiro atoms. The largest absolute Gasteiger partial charge is 0.377 e. The third-order valence-corrected chi connectivity index (χ3v) is 2.89. The fourth-order valence-electron chi connectivity index (χ4n) is 1.86. The highest BCUT2D eigenvalue weighted by Gasteiger charge is 2.03. The number of hydrogen-bond donors (Lipinski definition) is 0. The van der Waals surface area contributed by atoms with E-state index in [0.29, 0.717) is 0 Å². The van der Waals surface area contributed by atoms with Crippen molar-refractivity contribution in [3.05, 3.63) is 77.9 Å². The molecule has 2 aromatic rings. The minimum absolute atomic E-state index is 0.118. The molecule has 0 fully saturated rings. The molecule has 0 N–H and O–H groups in total. The van der Waals surface area contributed by atoms with Crippen molar-refractivity contribution >= 4 is 6.08 Å². The van der Waals surface area contributed by atoms with Gasteiger partial charge in [0.1, 0.15) is 0 Å². The second-order valence-electron chi connectivity index (χ2n) is 4.23. The molecule has 1 atom stereocenters. The molecular formula is C17H18O. The lowest BCUT2D eigenvalue weighted by molar-refractivity contribution is 0.142. The van der Waals surface area contributed by atoms with Crippen LogP contribution in [0, 0.1) is 0 Å². The van der Waals surface area contributed by atoms with Crippen LogP contribution in [0.4, 0.5) is 0 Å². The third-order valence-electron chi connectivity index (χ3n) is 2.89. The van der Waals surface area contributed by atoms with Crippen LogP contribution in [0.5, 0.6) is 0 Å². The average molecular weight is 238 g/mol. The molecule has 0 saturated heterocycles. The minimum Gasteiger partial charge on any atom is -0.377 e. The molecular weight excluding hydrogens is 220 g/mol. The molecule has 0 aliphatic rings. The second-order valence-corrected chi connectivity index (χ2v) is 4.23.